The summed E-state index contributed by atoms with van der Waals surface area (Å²) in [7, 11) is 0. The molecule has 84 valence electrons. The van der Waals surface area contributed by atoms with Crippen molar-refractivity contribution in [1.82, 2.24) is 10.3 Å². The summed E-state index contributed by atoms with van der Waals surface area (Å²) in [5.74, 6) is -0.794. The molecule has 0 spiro atoms. The number of thiazole rings is 1. The van der Waals surface area contributed by atoms with Crippen molar-refractivity contribution in [3.63, 3.8) is 0 Å². The van der Waals surface area contributed by atoms with Gasteiger partial charge >= 0.3 is 6.18 Å². The van der Waals surface area contributed by atoms with Crippen LogP contribution in [0.5, 0.6) is 0 Å². The van der Waals surface area contributed by atoms with E-state index in [1.165, 1.54) is 0 Å². The molecule has 0 aromatic carbocycles. The van der Waals surface area contributed by atoms with Gasteiger partial charge in [-0.1, -0.05) is 0 Å². The molecule has 0 saturated heterocycles. The van der Waals surface area contributed by atoms with E-state index in [2.05, 4.69) is 4.98 Å². The van der Waals surface area contributed by atoms with Gasteiger partial charge in [0.05, 0.1) is 0 Å². The highest BCUT2D eigenvalue weighted by atomic mass is 32.1. The van der Waals surface area contributed by atoms with Crippen molar-refractivity contribution in [2.24, 2.45) is 0 Å². The number of alkyl halides is 3. The minimum absolute atomic E-state index is 0.0450. The number of aromatic nitrogens is 1. The predicted octanol–water partition coefficient (Wildman–Crippen LogP) is 2.13. The first kappa shape index (κ1) is 12.0. The monoisotopic (exact) mass is 238 g/mol. The fourth-order valence-corrected chi connectivity index (χ4v) is 1.50. The average Bonchev–Trinajstić information content (AvgIpc) is 2.50. The van der Waals surface area contributed by atoms with E-state index in [0.29, 0.717) is 5.69 Å². The first-order chi connectivity index (χ1) is 6.80. The van der Waals surface area contributed by atoms with Crippen LogP contribution < -0.4 is 5.32 Å². The Bertz CT molecular complexity index is 361. The second kappa shape index (κ2) is 4.18. The first-order valence-corrected chi connectivity index (χ1v) is 4.98. The lowest BCUT2D eigenvalue weighted by Gasteiger charge is -2.15. The summed E-state index contributed by atoms with van der Waals surface area (Å²) >= 11 is 1.02. The van der Waals surface area contributed by atoms with Crippen LogP contribution in [0.2, 0.25) is 0 Å². The molecule has 1 aromatic heterocycles. The van der Waals surface area contributed by atoms with E-state index in [1.807, 2.05) is 5.32 Å². The summed E-state index contributed by atoms with van der Waals surface area (Å²) in [4.78, 5) is 15.0. The molecule has 0 fully saturated rings. The fourth-order valence-electron chi connectivity index (χ4n) is 0.798. The van der Waals surface area contributed by atoms with Gasteiger partial charge < -0.3 is 5.32 Å². The second-order valence-corrected chi connectivity index (χ2v) is 3.89. The van der Waals surface area contributed by atoms with Crippen molar-refractivity contribution in [1.29, 1.82) is 0 Å². The summed E-state index contributed by atoms with van der Waals surface area (Å²) in [5.41, 5.74) is 0.616. The minimum Gasteiger partial charge on any atom is -0.338 e. The van der Waals surface area contributed by atoms with Crippen LogP contribution in [0.15, 0.2) is 5.38 Å². The Balaban J connectivity index is 2.64. The molecule has 7 heteroatoms. The lowest BCUT2D eigenvalue weighted by molar-refractivity contribution is -0.149. The first-order valence-electron chi connectivity index (χ1n) is 4.10. The summed E-state index contributed by atoms with van der Waals surface area (Å²) < 4.78 is 36.3. The number of carbonyl (C=O) groups excluding carboxylic acids is 1. The van der Waals surface area contributed by atoms with E-state index in [9.17, 15) is 18.0 Å². The number of hydrogen-bond acceptors (Lipinski definition) is 3. The molecule has 0 aliphatic heterocycles. The molecule has 0 aliphatic rings. The van der Waals surface area contributed by atoms with Gasteiger partial charge in [0, 0.05) is 11.1 Å². The Morgan fingerprint density at radius 3 is 2.60 bits per heavy atom. The number of nitrogens with zero attached hydrogens (tertiary/aromatic N) is 1. The number of nitrogens with one attached hydrogen (secondary N) is 1. The van der Waals surface area contributed by atoms with Gasteiger partial charge in [-0.15, -0.1) is 11.3 Å². The maximum absolute atomic E-state index is 12.1. The predicted molar refractivity (Wildman–Crippen MR) is 49.8 cm³/mol. The van der Waals surface area contributed by atoms with Crippen LogP contribution >= 0.6 is 11.3 Å². The Hall–Kier alpha value is -1.11. The van der Waals surface area contributed by atoms with Gasteiger partial charge in [0.1, 0.15) is 6.04 Å². The van der Waals surface area contributed by atoms with Crippen molar-refractivity contribution in [3.05, 3.63) is 16.1 Å². The third kappa shape index (κ3) is 3.19. The third-order valence-corrected chi connectivity index (χ3v) is 2.61. The van der Waals surface area contributed by atoms with E-state index < -0.39 is 18.1 Å². The molecular weight excluding hydrogens is 229 g/mol. The van der Waals surface area contributed by atoms with Crippen LogP contribution in [0.4, 0.5) is 13.2 Å². The van der Waals surface area contributed by atoms with E-state index in [4.69, 9.17) is 0 Å². The highest BCUT2D eigenvalue weighted by Gasteiger charge is 2.37. The summed E-state index contributed by atoms with van der Waals surface area (Å²) in [6.07, 6.45) is -4.43. The van der Waals surface area contributed by atoms with E-state index >= 15 is 0 Å². The van der Waals surface area contributed by atoms with Crippen molar-refractivity contribution in [3.8, 4) is 0 Å². The van der Waals surface area contributed by atoms with Crippen molar-refractivity contribution in [2.45, 2.75) is 26.1 Å². The maximum Gasteiger partial charge on any atom is 0.408 e. The zero-order chi connectivity index (χ0) is 11.6. The van der Waals surface area contributed by atoms with E-state index in [0.717, 1.165) is 18.3 Å². The van der Waals surface area contributed by atoms with Gasteiger partial charge in [-0.3, -0.25) is 4.79 Å². The second-order valence-electron chi connectivity index (χ2n) is 3.03. The van der Waals surface area contributed by atoms with Gasteiger partial charge in [-0.25, -0.2) is 4.98 Å². The smallest absolute Gasteiger partial charge is 0.338 e. The fraction of sp³-hybridized carbons (Fsp3) is 0.500. The Morgan fingerprint density at radius 1 is 1.60 bits per heavy atom. The number of rotatable bonds is 2. The Kier molecular flexibility index (Phi) is 3.33. The molecule has 1 amide bonds. The van der Waals surface area contributed by atoms with Crippen molar-refractivity contribution in [2.75, 3.05) is 0 Å². The van der Waals surface area contributed by atoms with E-state index in [-0.39, 0.29) is 5.01 Å². The van der Waals surface area contributed by atoms with Gasteiger partial charge in [-0.05, 0) is 13.8 Å². The summed E-state index contributed by atoms with van der Waals surface area (Å²) in [5, 5.41) is 3.48. The van der Waals surface area contributed by atoms with Gasteiger partial charge in [0.25, 0.3) is 5.91 Å². The largest absolute Gasteiger partial charge is 0.408 e. The number of carbonyl (C=O) groups is 1. The average molecular weight is 238 g/mol. The standard InChI is InChI=1S/C8H9F3N2OS/c1-4-3-15-7(12-4)6(14)13-5(2)8(9,10)11/h3,5H,1-2H3,(H,13,14). The number of hydrogen-bond donors (Lipinski definition) is 1. The Labute approximate surface area is 88.3 Å². The topological polar surface area (TPSA) is 42.0 Å². The molecule has 1 heterocycles. The lowest BCUT2D eigenvalue weighted by atomic mass is 10.3. The van der Waals surface area contributed by atoms with Gasteiger partial charge in [0.15, 0.2) is 5.01 Å². The van der Waals surface area contributed by atoms with Crippen LogP contribution in [-0.4, -0.2) is 23.1 Å². The molecule has 1 atom stereocenters. The number of aryl methyl sites for hydroxylation is 1. The minimum atomic E-state index is -4.43. The molecule has 3 nitrogen and oxygen atoms in total. The van der Waals surface area contributed by atoms with Crippen molar-refractivity contribution < 1.29 is 18.0 Å². The molecule has 1 aromatic rings. The SMILES string of the molecule is Cc1csc(C(=O)NC(C)C(F)(F)F)n1. The maximum atomic E-state index is 12.1. The van der Waals surface area contributed by atoms with Crippen LogP contribution in [0.3, 0.4) is 0 Å². The molecule has 0 saturated carbocycles. The highest BCUT2D eigenvalue weighted by Crippen LogP contribution is 2.20. The molecule has 0 radical (unpaired) electrons. The van der Waals surface area contributed by atoms with E-state index in [1.54, 1.807) is 12.3 Å². The van der Waals surface area contributed by atoms with Gasteiger partial charge in [0.2, 0.25) is 0 Å². The molecular formula is C8H9F3N2OS. The zero-order valence-electron chi connectivity index (χ0n) is 8.05. The summed E-state index contributed by atoms with van der Waals surface area (Å²) in [6.45, 7) is 2.55. The lowest BCUT2D eigenvalue weighted by Crippen LogP contribution is -2.43. The molecule has 0 aliphatic carbocycles. The third-order valence-electron chi connectivity index (χ3n) is 1.65. The number of amides is 1. The quantitative estimate of drug-likeness (QED) is 0.857. The van der Waals surface area contributed by atoms with Crippen LogP contribution in [0, 0.1) is 6.92 Å². The van der Waals surface area contributed by atoms with Crippen LogP contribution in [0.25, 0.3) is 0 Å². The Morgan fingerprint density at radius 2 is 2.20 bits per heavy atom. The van der Waals surface area contributed by atoms with Gasteiger partial charge in [-0.2, -0.15) is 13.2 Å². The normalized spacial score (nSPS) is 13.7. The molecule has 15 heavy (non-hydrogen) atoms. The number of halogens is 3. The molecule has 0 bridgehead atoms. The highest BCUT2D eigenvalue weighted by molar-refractivity contribution is 7.11. The van der Waals surface area contributed by atoms with Crippen molar-refractivity contribution >= 4 is 17.2 Å². The molecule has 1 N–H and O–H groups in total. The van der Waals surface area contributed by atoms with Crippen LogP contribution in [-0.2, 0) is 0 Å². The molecule has 1 unspecified atom stereocenters. The zero-order valence-corrected chi connectivity index (χ0v) is 8.87. The summed E-state index contributed by atoms with van der Waals surface area (Å²) in [6, 6.07) is -1.87. The van der Waals surface area contributed by atoms with Crippen LogP contribution in [0.1, 0.15) is 22.4 Å². The molecule has 1 rings (SSSR count).